The fourth-order valence-corrected chi connectivity index (χ4v) is 3.49. The van der Waals surface area contributed by atoms with Crippen LogP contribution in [0.4, 0.5) is 11.4 Å². The normalized spacial score (nSPS) is 10.4. The molecule has 1 aromatic carbocycles. The first kappa shape index (κ1) is 13.9. The van der Waals surface area contributed by atoms with Crippen LogP contribution in [0.5, 0.6) is 0 Å². The van der Waals surface area contributed by atoms with Crippen LogP contribution >= 0.6 is 23.1 Å². The summed E-state index contributed by atoms with van der Waals surface area (Å²) < 4.78 is 1.05. The number of para-hydroxylation sites is 1. The molecule has 100 valence electrons. The number of nitro groups is 1. The summed E-state index contributed by atoms with van der Waals surface area (Å²) in [5.41, 5.74) is 0.753. The minimum atomic E-state index is -0.312. The topological polar surface area (TPSA) is 55.2 Å². The van der Waals surface area contributed by atoms with Crippen LogP contribution in [0.2, 0.25) is 0 Å². The standard InChI is InChI=1S/C13H14N2O2S2/c1-2-8-14-10-5-3-6-11(13(10)15(16)17)19-12-7-4-9-18-12/h3-7,9,14H,2,8H2,1H3. The van der Waals surface area contributed by atoms with Gasteiger partial charge in [-0.05, 0) is 30.0 Å². The van der Waals surface area contributed by atoms with E-state index in [0.29, 0.717) is 10.6 Å². The van der Waals surface area contributed by atoms with E-state index in [1.807, 2.05) is 30.5 Å². The molecule has 0 spiro atoms. The van der Waals surface area contributed by atoms with Crippen LogP contribution in [0.25, 0.3) is 0 Å². The lowest BCUT2D eigenvalue weighted by molar-refractivity contribution is -0.386. The highest BCUT2D eigenvalue weighted by molar-refractivity contribution is 8.01. The van der Waals surface area contributed by atoms with Crippen LogP contribution in [-0.4, -0.2) is 11.5 Å². The van der Waals surface area contributed by atoms with Crippen LogP contribution in [-0.2, 0) is 0 Å². The Morgan fingerprint density at radius 1 is 1.37 bits per heavy atom. The van der Waals surface area contributed by atoms with E-state index in [-0.39, 0.29) is 10.6 Å². The zero-order valence-electron chi connectivity index (χ0n) is 10.5. The third kappa shape index (κ3) is 3.48. The van der Waals surface area contributed by atoms with E-state index < -0.39 is 0 Å². The highest BCUT2D eigenvalue weighted by atomic mass is 32.2. The van der Waals surface area contributed by atoms with Crippen molar-refractivity contribution >= 4 is 34.5 Å². The zero-order chi connectivity index (χ0) is 13.7. The van der Waals surface area contributed by atoms with E-state index in [1.165, 1.54) is 11.8 Å². The summed E-state index contributed by atoms with van der Waals surface area (Å²) in [7, 11) is 0. The number of hydrogen-bond donors (Lipinski definition) is 1. The zero-order valence-corrected chi connectivity index (χ0v) is 12.1. The maximum absolute atomic E-state index is 11.3. The van der Waals surface area contributed by atoms with Crippen LogP contribution in [0.1, 0.15) is 13.3 Å². The van der Waals surface area contributed by atoms with E-state index in [2.05, 4.69) is 5.32 Å². The SMILES string of the molecule is CCCNc1cccc(Sc2cccs2)c1[N+](=O)[O-]. The lowest BCUT2D eigenvalue weighted by Crippen LogP contribution is -2.03. The molecular weight excluding hydrogens is 280 g/mol. The molecule has 6 heteroatoms. The second kappa shape index (κ2) is 6.58. The van der Waals surface area contributed by atoms with Gasteiger partial charge in [-0.25, -0.2) is 0 Å². The van der Waals surface area contributed by atoms with Gasteiger partial charge in [-0.2, -0.15) is 0 Å². The maximum Gasteiger partial charge on any atom is 0.306 e. The summed E-state index contributed by atoms with van der Waals surface area (Å²) in [6.45, 7) is 2.76. The lowest BCUT2D eigenvalue weighted by atomic mass is 10.2. The molecule has 0 aliphatic carbocycles. The molecule has 0 unspecified atom stereocenters. The summed E-state index contributed by atoms with van der Waals surface area (Å²) in [5.74, 6) is 0. The molecule has 1 aromatic heterocycles. The van der Waals surface area contributed by atoms with Crippen LogP contribution in [0.15, 0.2) is 44.8 Å². The van der Waals surface area contributed by atoms with E-state index in [0.717, 1.165) is 17.2 Å². The molecule has 0 radical (unpaired) electrons. The number of anilines is 1. The quantitative estimate of drug-likeness (QED) is 0.623. The maximum atomic E-state index is 11.3. The number of nitro benzene ring substituents is 1. The molecule has 19 heavy (non-hydrogen) atoms. The van der Waals surface area contributed by atoms with Gasteiger partial charge in [0.25, 0.3) is 0 Å². The first-order valence-electron chi connectivity index (χ1n) is 5.95. The van der Waals surface area contributed by atoms with Crippen molar-refractivity contribution in [2.75, 3.05) is 11.9 Å². The van der Waals surface area contributed by atoms with Crippen LogP contribution in [0, 0.1) is 10.1 Å². The van der Waals surface area contributed by atoms with Gasteiger partial charge in [0.2, 0.25) is 0 Å². The lowest BCUT2D eigenvalue weighted by Gasteiger charge is -2.08. The number of rotatable bonds is 6. The van der Waals surface area contributed by atoms with Gasteiger partial charge in [-0.3, -0.25) is 10.1 Å². The number of nitrogens with zero attached hydrogens (tertiary/aromatic N) is 1. The number of hydrogen-bond acceptors (Lipinski definition) is 5. The summed E-state index contributed by atoms with van der Waals surface area (Å²) >= 11 is 3.02. The molecule has 0 fully saturated rings. The van der Waals surface area contributed by atoms with Gasteiger partial charge in [-0.1, -0.05) is 30.8 Å². The van der Waals surface area contributed by atoms with Crippen LogP contribution in [0.3, 0.4) is 0 Å². The van der Waals surface area contributed by atoms with Gasteiger partial charge in [0, 0.05) is 6.54 Å². The van der Waals surface area contributed by atoms with Gasteiger partial charge < -0.3 is 5.32 Å². The Morgan fingerprint density at radius 3 is 2.84 bits per heavy atom. The van der Waals surface area contributed by atoms with Crippen molar-refractivity contribution in [2.24, 2.45) is 0 Å². The molecule has 0 amide bonds. The Hall–Kier alpha value is -1.53. The van der Waals surface area contributed by atoms with Crippen molar-refractivity contribution in [3.8, 4) is 0 Å². The molecule has 0 aliphatic heterocycles. The van der Waals surface area contributed by atoms with E-state index in [4.69, 9.17) is 0 Å². The Balaban J connectivity index is 2.33. The van der Waals surface area contributed by atoms with Crippen molar-refractivity contribution in [1.29, 1.82) is 0 Å². The van der Waals surface area contributed by atoms with E-state index in [9.17, 15) is 10.1 Å². The molecule has 2 aromatic rings. The van der Waals surface area contributed by atoms with Gasteiger partial charge in [-0.15, -0.1) is 11.3 Å². The first-order valence-corrected chi connectivity index (χ1v) is 7.64. The average molecular weight is 294 g/mol. The predicted octanol–water partition coefficient (Wildman–Crippen LogP) is 4.63. The molecular formula is C13H14N2O2S2. The fraction of sp³-hybridized carbons (Fsp3) is 0.231. The Morgan fingerprint density at radius 2 is 2.21 bits per heavy atom. The van der Waals surface area contributed by atoms with Crippen molar-refractivity contribution in [2.45, 2.75) is 22.4 Å². The molecule has 0 saturated heterocycles. The number of nitrogens with one attached hydrogen (secondary N) is 1. The summed E-state index contributed by atoms with van der Waals surface area (Å²) in [6.07, 6.45) is 0.930. The van der Waals surface area contributed by atoms with Crippen molar-refractivity contribution < 1.29 is 4.92 Å². The Labute approximate surface area is 120 Å². The average Bonchev–Trinajstić information content (AvgIpc) is 2.89. The minimum Gasteiger partial charge on any atom is -0.379 e. The largest absolute Gasteiger partial charge is 0.379 e. The molecule has 1 heterocycles. The van der Waals surface area contributed by atoms with Crippen LogP contribution < -0.4 is 5.32 Å². The summed E-state index contributed by atoms with van der Waals surface area (Å²) in [6, 6.07) is 9.30. The molecule has 0 bridgehead atoms. The molecule has 2 rings (SSSR count). The second-order valence-electron chi connectivity index (χ2n) is 3.87. The van der Waals surface area contributed by atoms with Gasteiger partial charge in [0.15, 0.2) is 0 Å². The second-order valence-corrected chi connectivity index (χ2v) is 6.16. The van der Waals surface area contributed by atoms with E-state index >= 15 is 0 Å². The first-order chi connectivity index (χ1) is 9.22. The Kier molecular flexibility index (Phi) is 4.81. The molecule has 0 saturated carbocycles. The van der Waals surface area contributed by atoms with Gasteiger partial charge in [0.1, 0.15) is 5.69 Å². The summed E-state index contributed by atoms with van der Waals surface area (Å²) in [4.78, 5) is 11.7. The third-order valence-corrected chi connectivity index (χ3v) is 4.54. The number of thiophene rings is 1. The molecule has 0 aliphatic rings. The van der Waals surface area contributed by atoms with E-state index in [1.54, 1.807) is 23.5 Å². The van der Waals surface area contributed by atoms with Crippen molar-refractivity contribution in [3.05, 3.63) is 45.8 Å². The highest BCUT2D eigenvalue weighted by Gasteiger charge is 2.20. The van der Waals surface area contributed by atoms with Gasteiger partial charge in [0.05, 0.1) is 14.0 Å². The predicted molar refractivity (Wildman–Crippen MR) is 80.3 cm³/mol. The molecule has 1 N–H and O–H groups in total. The fourth-order valence-electron chi connectivity index (χ4n) is 1.63. The summed E-state index contributed by atoms with van der Waals surface area (Å²) in [5, 5.41) is 16.4. The smallest absolute Gasteiger partial charge is 0.306 e. The minimum absolute atomic E-state index is 0.161. The van der Waals surface area contributed by atoms with Crippen molar-refractivity contribution in [3.63, 3.8) is 0 Å². The molecule has 4 nitrogen and oxygen atoms in total. The molecule has 0 atom stereocenters. The number of benzene rings is 1. The third-order valence-electron chi connectivity index (χ3n) is 2.45. The van der Waals surface area contributed by atoms with Crippen molar-refractivity contribution in [1.82, 2.24) is 0 Å². The Bertz CT molecular complexity index is 556. The monoisotopic (exact) mass is 294 g/mol. The highest BCUT2D eigenvalue weighted by Crippen LogP contribution is 2.40. The van der Waals surface area contributed by atoms with Gasteiger partial charge >= 0.3 is 5.69 Å².